The number of carboxylic acid groups (broad SMARTS) is 1. The summed E-state index contributed by atoms with van der Waals surface area (Å²) in [5.74, 6) is -1.88. The molecular formula is C19H33N3O6. The number of hydrogen-bond acceptors (Lipinski definition) is 5. The molecule has 160 valence electrons. The minimum Gasteiger partial charge on any atom is -0.480 e. The number of aliphatic carboxylic acids is 1. The van der Waals surface area contributed by atoms with Crippen molar-refractivity contribution in [3.05, 3.63) is 0 Å². The van der Waals surface area contributed by atoms with Crippen molar-refractivity contribution in [1.29, 1.82) is 0 Å². The first-order valence-corrected chi connectivity index (χ1v) is 9.81. The number of aldehydes is 1. The number of nitrogens with one attached hydrogen (secondary N) is 3. The van der Waals surface area contributed by atoms with Gasteiger partial charge in [-0.2, -0.15) is 0 Å². The van der Waals surface area contributed by atoms with Crippen molar-refractivity contribution in [3.8, 4) is 0 Å². The van der Waals surface area contributed by atoms with Gasteiger partial charge in [0.05, 0.1) is 0 Å². The third kappa shape index (κ3) is 13.7. The molecule has 9 heteroatoms. The van der Waals surface area contributed by atoms with Crippen LogP contribution in [-0.2, 0) is 24.0 Å². The van der Waals surface area contributed by atoms with Gasteiger partial charge in [-0.05, 0) is 25.7 Å². The Balaban J connectivity index is 3.80. The second-order valence-corrected chi connectivity index (χ2v) is 6.76. The molecule has 0 radical (unpaired) electrons. The maximum atomic E-state index is 11.7. The molecule has 28 heavy (non-hydrogen) atoms. The molecule has 0 aromatic heterocycles. The molecule has 0 heterocycles. The number of carbonyl (C=O) groups excluding carboxylic acids is 4. The van der Waals surface area contributed by atoms with E-state index < -0.39 is 12.0 Å². The lowest BCUT2D eigenvalue weighted by molar-refractivity contribution is -0.142. The largest absolute Gasteiger partial charge is 0.480 e. The Morgan fingerprint density at radius 3 is 1.96 bits per heavy atom. The molecule has 3 amide bonds. The summed E-state index contributed by atoms with van der Waals surface area (Å²) in [6.07, 6.45) is 4.33. The topological polar surface area (TPSA) is 142 Å². The van der Waals surface area contributed by atoms with E-state index in [2.05, 4.69) is 16.0 Å². The highest BCUT2D eigenvalue weighted by molar-refractivity contribution is 5.84. The van der Waals surface area contributed by atoms with Crippen LogP contribution < -0.4 is 16.0 Å². The zero-order valence-corrected chi connectivity index (χ0v) is 16.8. The third-order valence-corrected chi connectivity index (χ3v) is 4.17. The van der Waals surface area contributed by atoms with Crippen molar-refractivity contribution in [3.63, 3.8) is 0 Å². The van der Waals surface area contributed by atoms with E-state index >= 15 is 0 Å². The van der Waals surface area contributed by atoms with Gasteiger partial charge in [-0.3, -0.25) is 14.4 Å². The highest BCUT2D eigenvalue weighted by atomic mass is 16.4. The van der Waals surface area contributed by atoms with Gasteiger partial charge in [0.15, 0.2) is 0 Å². The molecule has 9 nitrogen and oxygen atoms in total. The smallest absolute Gasteiger partial charge is 0.326 e. The van der Waals surface area contributed by atoms with Gasteiger partial charge in [0.25, 0.3) is 0 Å². The Labute approximate surface area is 166 Å². The number of unbranched alkanes of at least 4 members (excludes halogenated alkanes) is 1. The zero-order chi connectivity index (χ0) is 21.4. The molecule has 0 aromatic rings. The third-order valence-electron chi connectivity index (χ3n) is 4.17. The summed E-state index contributed by atoms with van der Waals surface area (Å²) in [5.41, 5.74) is 0. The Morgan fingerprint density at radius 2 is 1.46 bits per heavy atom. The van der Waals surface area contributed by atoms with Crippen LogP contribution in [-0.4, -0.2) is 54.2 Å². The van der Waals surface area contributed by atoms with Crippen LogP contribution in [0.15, 0.2) is 0 Å². The highest BCUT2D eigenvalue weighted by Gasteiger charge is 2.18. The molecule has 0 saturated heterocycles. The van der Waals surface area contributed by atoms with Crippen molar-refractivity contribution >= 4 is 30.0 Å². The monoisotopic (exact) mass is 399 g/mol. The van der Waals surface area contributed by atoms with Crippen LogP contribution >= 0.6 is 0 Å². The summed E-state index contributed by atoms with van der Waals surface area (Å²) in [6.45, 7) is 4.29. The summed E-state index contributed by atoms with van der Waals surface area (Å²) in [4.78, 5) is 56.2. The summed E-state index contributed by atoms with van der Waals surface area (Å²) in [7, 11) is 0. The van der Waals surface area contributed by atoms with E-state index in [9.17, 15) is 24.0 Å². The van der Waals surface area contributed by atoms with Gasteiger partial charge in [0.1, 0.15) is 12.3 Å². The zero-order valence-electron chi connectivity index (χ0n) is 16.8. The average molecular weight is 399 g/mol. The Bertz CT molecular complexity index is 524. The minimum absolute atomic E-state index is 0.0353. The van der Waals surface area contributed by atoms with Crippen molar-refractivity contribution in [2.45, 2.75) is 71.3 Å². The lowest BCUT2D eigenvalue weighted by Crippen LogP contribution is -2.41. The minimum atomic E-state index is -1.11. The standard InChI is InChI=1S/C19H33N3O6/c1-3-16(24)22-15(19(27)28)8-6-12-21-18(26)10-9-17(25)20-11-5-4-7-14(2)13-23/h13-15H,3-12H2,1-2H3,(H,20,25)(H,21,26)(H,22,24)(H,27,28)/t14-,15-/m1/s1. The average Bonchev–Trinajstić information content (AvgIpc) is 2.67. The quantitative estimate of drug-likeness (QED) is 0.223. The van der Waals surface area contributed by atoms with E-state index in [1.807, 2.05) is 6.92 Å². The molecule has 0 aliphatic rings. The second kappa shape index (κ2) is 15.6. The van der Waals surface area contributed by atoms with Gasteiger partial charge in [0.2, 0.25) is 17.7 Å². The summed E-state index contributed by atoms with van der Waals surface area (Å²) in [6, 6.07) is -0.968. The molecule has 0 aliphatic carbocycles. The molecule has 2 atom stereocenters. The van der Waals surface area contributed by atoms with Gasteiger partial charge >= 0.3 is 5.97 Å². The number of carbonyl (C=O) groups is 5. The molecule has 0 aromatic carbocycles. The SMILES string of the molecule is CCC(=O)N[C@H](CCCNC(=O)CCC(=O)NCCCC[C@@H](C)C=O)C(=O)O. The Morgan fingerprint density at radius 1 is 0.893 bits per heavy atom. The lowest BCUT2D eigenvalue weighted by atomic mass is 10.1. The van der Waals surface area contributed by atoms with Crippen molar-refractivity contribution in [1.82, 2.24) is 16.0 Å². The summed E-state index contributed by atoms with van der Waals surface area (Å²) < 4.78 is 0. The van der Waals surface area contributed by atoms with Crippen molar-refractivity contribution < 1.29 is 29.1 Å². The molecule has 0 unspecified atom stereocenters. The van der Waals surface area contributed by atoms with Gasteiger partial charge in [-0.1, -0.05) is 20.3 Å². The van der Waals surface area contributed by atoms with Crippen molar-refractivity contribution in [2.24, 2.45) is 5.92 Å². The molecule has 0 saturated carbocycles. The molecule has 4 N–H and O–H groups in total. The maximum absolute atomic E-state index is 11.7. The van der Waals surface area contributed by atoms with E-state index in [1.165, 1.54) is 0 Å². The molecule has 0 fully saturated rings. The summed E-state index contributed by atoms with van der Waals surface area (Å²) >= 11 is 0. The number of carboxylic acids is 1. The Hall–Kier alpha value is -2.45. The number of hydrogen-bond donors (Lipinski definition) is 4. The fourth-order valence-corrected chi connectivity index (χ4v) is 2.38. The molecular weight excluding hydrogens is 366 g/mol. The fraction of sp³-hybridized carbons (Fsp3) is 0.737. The van der Waals surface area contributed by atoms with E-state index in [0.29, 0.717) is 13.0 Å². The fourth-order valence-electron chi connectivity index (χ4n) is 2.38. The van der Waals surface area contributed by atoms with Crippen LogP contribution in [0.1, 0.15) is 65.2 Å². The number of amides is 3. The first-order valence-electron chi connectivity index (χ1n) is 9.81. The van der Waals surface area contributed by atoms with Crippen LogP contribution in [0.4, 0.5) is 0 Å². The second-order valence-electron chi connectivity index (χ2n) is 6.76. The first-order chi connectivity index (χ1) is 13.3. The lowest BCUT2D eigenvalue weighted by Gasteiger charge is -2.14. The van der Waals surface area contributed by atoms with E-state index in [4.69, 9.17) is 5.11 Å². The van der Waals surface area contributed by atoms with Crippen LogP contribution in [0.5, 0.6) is 0 Å². The first kappa shape index (κ1) is 25.6. The van der Waals surface area contributed by atoms with Crippen LogP contribution in [0, 0.1) is 5.92 Å². The summed E-state index contributed by atoms with van der Waals surface area (Å²) in [5, 5.41) is 16.8. The van der Waals surface area contributed by atoms with Gasteiger partial charge < -0.3 is 25.9 Å². The van der Waals surface area contributed by atoms with Gasteiger partial charge in [-0.25, -0.2) is 4.79 Å². The van der Waals surface area contributed by atoms with Crippen molar-refractivity contribution in [2.75, 3.05) is 13.1 Å². The normalized spacial score (nSPS) is 12.5. The molecule has 0 aliphatic heterocycles. The van der Waals surface area contributed by atoms with Crippen LogP contribution in [0.2, 0.25) is 0 Å². The molecule has 0 spiro atoms. The van der Waals surface area contributed by atoms with Gasteiger partial charge in [0, 0.05) is 38.3 Å². The highest BCUT2D eigenvalue weighted by Crippen LogP contribution is 2.04. The van der Waals surface area contributed by atoms with E-state index in [0.717, 1.165) is 25.5 Å². The predicted molar refractivity (Wildman–Crippen MR) is 103 cm³/mol. The molecule has 0 rings (SSSR count). The predicted octanol–water partition coefficient (Wildman–Crippen LogP) is 0.764. The van der Waals surface area contributed by atoms with Crippen LogP contribution in [0.3, 0.4) is 0 Å². The molecule has 0 bridgehead atoms. The Kier molecular flexibility index (Phi) is 14.2. The number of rotatable bonds is 16. The van der Waals surface area contributed by atoms with E-state index in [-0.39, 0.29) is 55.9 Å². The maximum Gasteiger partial charge on any atom is 0.326 e. The van der Waals surface area contributed by atoms with Gasteiger partial charge in [-0.15, -0.1) is 0 Å². The van der Waals surface area contributed by atoms with Crippen LogP contribution in [0.25, 0.3) is 0 Å². The van der Waals surface area contributed by atoms with E-state index in [1.54, 1.807) is 6.92 Å².